The van der Waals surface area contributed by atoms with Crippen LogP contribution in [0.25, 0.3) is 72.7 Å². The molecule has 0 saturated heterocycles. The molecule has 0 atom stereocenters. The minimum atomic E-state index is 0.785. The summed E-state index contributed by atoms with van der Waals surface area (Å²) in [5.41, 5.74) is 9.22. The van der Waals surface area contributed by atoms with Crippen molar-refractivity contribution in [1.82, 2.24) is 14.8 Å². The molecule has 8 rings (SSSR count). The summed E-state index contributed by atoms with van der Waals surface area (Å²) >= 11 is 0. The Labute approximate surface area is 243 Å². The highest BCUT2D eigenvalue weighted by Crippen LogP contribution is 2.38. The van der Waals surface area contributed by atoms with Gasteiger partial charge in [-0.15, -0.1) is 10.2 Å². The number of aromatic nitrogens is 3. The second-order valence-electron chi connectivity index (χ2n) is 10.3. The van der Waals surface area contributed by atoms with Crippen molar-refractivity contribution in [3.63, 3.8) is 0 Å². The van der Waals surface area contributed by atoms with Crippen molar-refractivity contribution in [2.24, 2.45) is 0 Å². The van der Waals surface area contributed by atoms with E-state index in [4.69, 9.17) is 14.6 Å². The number of hydrogen-bond acceptors (Lipinski definition) is 3. The van der Waals surface area contributed by atoms with E-state index in [1.165, 1.54) is 0 Å². The van der Waals surface area contributed by atoms with Crippen LogP contribution in [0.1, 0.15) is 0 Å². The molecule has 2 heterocycles. The summed E-state index contributed by atoms with van der Waals surface area (Å²) in [6, 6.07) is 52.1. The third-order valence-corrected chi connectivity index (χ3v) is 7.79. The van der Waals surface area contributed by atoms with Crippen LogP contribution in [-0.4, -0.2) is 14.8 Å². The van der Waals surface area contributed by atoms with Gasteiger partial charge in [0.15, 0.2) is 11.6 Å². The zero-order valence-corrected chi connectivity index (χ0v) is 22.7. The molecule has 2 aromatic heterocycles. The van der Waals surface area contributed by atoms with Gasteiger partial charge in [-0.1, -0.05) is 133 Å². The molecule has 0 saturated carbocycles. The monoisotopic (exact) mass is 539 g/mol. The van der Waals surface area contributed by atoms with Gasteiger partial charge in [-0.3, -0.25) is 4.57 Å². The summed E-state index contributed by atoms with van der Waals surface area (Å²) in [6.07, 6.45) is 0. The maximum absolute atomic E-state index is 6.30. The van der Waals surface area contributed by atoms with Crippen LogP contribution >= 0.6 is 0 Å². The predicted octanol–water partition coefficient (Wildman–Crippen LogP) is 9.83. The van der Waals surface area contributed by atoms with Crippen LogP contribution in [0.5, 0.6) is 0 Å². The lowest BCUT2D eigenvalue weighted by molar-refractivity contribution is 0.670. The second-order valence-corrected chi connectivity index (χ2v) is 10.3. The van der Waals surface area contributed by atoms with E-state index in [2.05, 4.69) is 114 Å². The molecule has 0 fully saturated rings. The first-order chi connectivity index (χ1) is 20.8. The molecule has 0 N–H and O–H groups in total. The lowest BCUT2D eigenvalue weighted by Crippen LogP contribution is -2.01. The zero-order chi connectivity index (χ0) is 27.9. The van der Waals surface area contributed by atoms with E-state index in [1.807, 2.05) is 42.5 Å². The Hall–Kier alpha value is -5.74. The lowest BCUT2D eigenvalue weighted by Gasteiger charge is -2.14. The van der Waals surface area contributed by atoms with E-state index in [0.29, 0.717) is 0 Å². The molecule has 4 heteroatoms. The van der Waals surface area contributed by atoms with E-state index in [9.17, 15) is 0 Å². The quantitative estimate of drug-likeness (QED) is 0.219. The fraction of sp³-hybridized carbons (Fsp3) is 0. The fourth-order valence-corrected chi connectivity index (χ4v) is 5.79. The average molecular weight is 540 g/mol. The Bertz CT molecular complexity index is 2180. The van der Waals surface area contributed by atoms with Crippen molar-refractivity contribution < 1.29 is 4.42 Å². The van der Waals surface area contributed by atoms with Crippen LogP contribution in [0.2, 0.25) is 0 Å². The Morgan fingerprint density at radius 1 is 0.405 bits per heavy atom. The molecular weight excluding hydrogens is 514 g/mol. The minimum absolute atomic E-state index is 0.785. The average Bonchev–Trinajstić information content (AvgIpc) is 3.68. The molecule has 0 bridgehead atoms. The van der Waals surface area contributed by atoms with Gasteiger partial charge in [0.25, 0.3) is 0 Å². The molecule has 0 aliphatic rings. The Morgan fingerprint density at radius 3 is 1.79 bits per heavy atom. The summed E-state index contributed by atoms with van der Waals surface area (Å²) in [5, 5.41) is 11.8. The molecule has 198 valence electrons. The Balaban J connectivity index is 1.26. The summed E-state index contributed by atoms with van der Waals surface area (Å²) in [4.78, 5) is 0. The highest BCUT2D eigenvalue weighted by molar-refractivity contribution is 6.09. The fourth-order valence-electron chi connectivity index (χ4n) is 5.79. The molecule has 0 unspecified atom stereocenters. The lowest BCUT2D eigenvalue weighted by atomic mass is 9.99. The van der Waals surface area contributed by atoms with Gasteiger partial charge in [-0.05, 0) is 34.9 Å². The van der Waals surface area contributed by atoms with E-state index in [1.54, 1.807) is 0 Å². The van der Waals surface area contributed by atoms with Gasteiger partial charge in [-0.2, -0.15) is 0 Å². The molecule has 0 aliphatic heterocycles. The zero-order valence-electron chi connectivity index (χ0n) is 22.7. The number of furan rings is 1. The van der Waals surface area contributed by atoms with Gasteiger partial charge in [-0.25, -0.2) is 0 Å². The van der Waals surface area contributed by atoms with Crippen LogP contribution in [-0.2, 0) is 0 Å². The number of hydrogen-bond donors (Lipinski definition) is 0. The van der Waals surface area contributed by atoms with Crippen molar-refractivity contribution in [3.05, 3.63) is 152 Å². The smallest absolute Gasteiger partial charge is 0.169 e. The Kier molecular flexibility index (Phi) is 5.75. The van der Waals surface area contributed by atoms with E-state index < -0.39 is 0 Å². The summed E-state index contributed by atoms with van der Waals surface area (Å²) in [7, 11) is 0. The van der Waals surface area contributed by atoms with Crippen LogP contribution in [0.3, 0.4) is 0 Å². The van der Waals surface area contributed by atoms with E-state index in [0.717, 1.165) is 72.7 Å². The first-order valence-electron chi connectivity index (χ1n) is 14.0. The van der Waals surface area contributed by atoms with Gasteiger partial charge in [0.05, 0.1) is 0 Å². The summed E-state index contributed by atoms with van der Waals surface area (Å²) < 4.78 is 8.45. The minimum Gasteiger partial charge on any atom is -0.455 e. The molecule has 0 radical (unpaired) electrons. The van der Waals surface area contributed by atoms with Gasteiger partial charge >= 0.3 is 0 Å². The number of nitrogens with zero attached hydrogens (tertiary/aromatic N) is 3. The number of fused-ring (bicyclic) bond motifs is 3. The van der Waals surface area contributed by atoms with E-state index in [-0.39, 0.29) is 0 Å². The van der Waals surface area contributed by atoms with Gasteiger partial charge in [0.1, 0.15) is 11.2 Å². The van der Waals surface area contributed by atoms with Crippen LogP contribution in [0.4, 0.5) is 0 Å². The largest absolute Gasteiger partial charge is 0.455 e. The topological polar surface area (TPSA) is 43.9 Å². The van der Waals surface area contributed by atoms with Crippen molar-refractivity contribution >= 4 is 21.9 Å². The SMILES string of the molecule is c1ccc(-c2ccccc2-c2nnc(-c3ccc(-c4cccc5c4oc4ccccc45)cc3)n2-c2ccccc2)cc1. The highest BCUT2D eigenvalue weighted by Gasteiger charge is 2.20. The highest BCUT2D eigenvalue weighted by atomic mass is 16.3. The molecule has 4 nitrogen and oxygen atoms in total. The van der Waals surface area contributed by atoms with Crippen LogP contribution in [0.15, 0.2) is 156 Å². The normalized spacial score (nSPS) is 11.3. The number of para-hydroxylation sites is 3. The molecule has 42 heavy (non-hydrogen) atoms. The number of rotatable bonds is 5. The summed E-state index contributed by atoms with van der Waals surface area (Å²) in [6.45, 7) is 0. The molecule has 8 aromatic rings. The maximum atomic E-state index is 6.30. The predicted molar refractivity (Wildman–Crippen MR) is 170 cm³/mol. The molecule has 0 aliphatic carbocycles. The third-order valence-electron chi connectivity index (χ3n) is 7.79. The van der Waals surface area contributed by atoms with Gasteiger partial charge in [0.2, 0.25) is 0 Å². The van der Waals surface area contributed by atoms with Gasteiger partial charge < -0.3 is 4.42 Å². The first kappa shape index (κ1) is 24.1. The summed E-state index contributed by atoms with van der Waals surface area (Å²) in [5.74, 6) is 1.58. The van der Waals surface area contributed by atoms with Gasteiger partial charge in [0, 0.05) is 33.2 Å². The van der Waals surface area contributed by atoms with Crippen molar-refractivity contribution in [2.45, 2.75) is 0 Å². The molecule has 0 spiro atoms. The van der Waals surface area contributed by atoms with E-state index >= 15 is 0 Å². The maximum Gasteiger partial charge on any atom is 0.169 e. The first-order valence-corrected chi connectivity index (χ1v) is 14.0. The van der Waals surface area contributed by atoms with Crippen molar-refractivity contribution in [2.75, 3.05) is 0 Å². The molecule has 6 aromatic carbocycles. The second kappa shape index (κ2) is 10.0. The van der Waals surface area contributed by atoms with Crippen LogP contribution < -0.4 is 0 Å². The number of benzene rings is 6. The Morgan fingerprint density at radius 2 is 0.976 bits per heavy atom. The third kappa shape index (κ3) is 4.01. The van der Waals surface area contributed by atoms with Crippen molar-refractivity contribution in [1.29, 1.82) is 0 Å². The standard InChI is InChI=1S/C38H25N3O/c1-3-12-26(13-4-1)30-16-7-8-18-34(30)38-40-39-37(41(38)29-14-5-2-6-15-29)28-24-22-27(23-25-28)31-19-11-20-33-32-17-9-10-21-35(32)42-36(31)33/h1-25H. The molecule has 0 amide bonds. The van der Waals surface area contributed by atoms with Crippen LogP contribution in [0, 0.1) is 0 Å². The van der Waals surface area contributed by atoms with Crippen molar-refractivity contribution in [3.8, 4) is 50.7 Å². The molecular formula is C38H25N3O.